The standard InChI is InChI=1S/C22H20FNO5/c1-3-29-22(27)19(26)11-18(25)16-13-24(12-14-7-9-15(23)10-8-14)17-5-4-6-20(28-2)21(16)17/h4-11,13,25H,3,12H2,1-2H3/b18-11-. The average molecular weight is 397 g/mol. The van der Waals surface area contributed by atoms with E-state index in [-0.39, 0.29) is 18.2 Å². The van der Waals surface area contributed by atoms with E-state index in [2.05, 4.69) is 4.74 Å². The first-order valence-electron chi connectivity index (χ1n) is 8.97. The first kappa shape index (κ1) is 20.1. The molecule has 0 atom stereocenters. The summed E-state index contributed by atoms with van der Waals surface area (Å²) in [7, 11) is 1.50. The quantitative estimate of drug-likeness (QED) is 0.283. The van der Waals surface area contributed by atoms with Crippen LogP contribution in [0.3, 0.4) is 0 Å². The maximum atomic E-state index is 13.2. The fraction of sp³-hybridized carbons (Fsp3) is 0.182. The van der Waals surface area contributed by atoms with Crippen LogP contribution in [0.1, 0.15) is 18.1 Å². The molecule has 0 aliphatic carbocycles. The molecule has 3 aromatic rings. The Bertz CT molecular complexity index is 1080. The Labute approximate surface area is 166 Å². The SMILES string of the molecule is CCOC(=O)C(=O)/C=C(\O)c1cn(Cc2ccc(F)cc2)c2cccc(OC)c12. The zero-order valence-corrected chi connectivity index (χ0v) is 16.0. The molecule has 0 amide bonds. The van der Waals surface area contributed by atoms with Crippen LogP contribution in [0.15, 0.2) is 54.7 Å². The number of ether oxygens (including phenoxy) is 2. The predicted molar refractivity (Wildman–Crippen MR) is 106 cm³/mol. The summed E-state index contributed by atoms with van der Waals surface area (Å²) in [6.07, 6.45) is 2.49. The van der Waals surface area contributed by atoms with Gasteiger partial charge in [-0.2, -0.15) is 0 Å². The number of aromatic nitrogens is 1. The highest BCUT2D eigenvalue weighted by Gasteiger charge is 2.19. The van der Waals surface area contributed by atoms with E-state index in [1.54, 1.807) is 37.4 Å². The lowest BCUT2D eigenvalue weighted by molar-refractivity contribution is -0.151. The van der Waals surface area contributed by atoms with Crippen LogP contribution in [0.5, 0.6) is 5.75 Å². The Kier molecular flexibility index (Phi) is 5.97. The van der Waals surface area contributed by atoms with Crippen molar-refractivity contribution in [2.75, 3.05) is 13.7 Å². The molecular formula is C22H20FNO5. The molecule has 7 heteroatoms. The van der Waals surface area contributed by atoms with Gasteiger partial charge in [0.05, 0.1) is 24.6 Å². The van der Waals surface area contributed by atoms with Crippen LogP contribution in [0, 0.1) is 5.82 Å². The largest absolute Gasteiger partial charge is 0.507 e. The van der Waals surface area contributed by atoms with Gasteiger partial charge in [-0.1, -0.05) is 18.2 Å². The minimum atomic E-state index is -1.04. The van der Waals surface area contributed by atoms with Crippen molar-refractivity contribution in [3.63, 3.8) is 0 Å². The number of hydrogen-bond acceptors (Lipinski definition) is 5. The molecule has 0 radical (unpaired) electrons. The first-order chi connectivity index (χ1) is 13.9. The number of fused-ring (bicyclic) bond motifs is 1. The molecule has 0 saturated heterocycles. The molecule has 0 bridgehead atoms. The number of methoxy groups -OCH3 is 1. The van der Waals surface area contributed by atoms with Gasteiger partial charge in [-0.3, -0.25) is 4.79 Å². The monoisotopic (exact) mass is 397 g/mol. The molecule has 0 saturated carbocycles. The van der Waals surface area contributed by atoms with E-state index >= 15 is 0 Å². The fourth-order valence-electron chi connectivity index (χ4n) is 3.06. The number of carbonyl (C=O) groups is 2. The van der Waals surface area contributed by atoms with Crippen molar-refractivity contribution in [3.8, 4) is 5.75 Å². The highest BCUT2D eigenvalue weighted by atomic mass is 19.1. The fourth-order valence-corrected chi connectivity index (χ4v) is 3.06. The summed E-state index contributed by atoms with van der Waals surface area (Å²) in [6.45, 7) is 2.05. The number of aliphatic hydroxyl groups is 1. The minimum absolute atomic E-state index is 0.0595. The van der Waals surface area contributed by atoms with Gasteiger partial charge < -0.3 is 19.1 Å². The Hall–Kier alpha value is -3.61. The summed E-state index contributed by atoms with van der Waals surface area (Å²) in [5.41, 5.74) is 1.92. The van der Waals surface area contributed by atoms with Crippen LogP contribution in [0.25, 0.3) is 16.7 Å². The lowest BCUT2D eigenvalue weighted by atomic mass is 10.1. The van der Waals surface area contributed by atoms with Crippen LogP contribution >= 0.6 is 0 Å². The second-order valence-electron chi connectivity index (χ2n) is 6.27. The van der Waals surface area contributed by atoms with Gasteiger partial charge in [0.1, 0.15) is 17.3 Å². The maximum absolute atomic E-state index is 13.2. The van der Waals surface area contributed by atoms with Gasteiger partial charge in [-0.25, -0.2) is 9.18 Å². The van der Waals surface area contributed by atoms with Gasteiger partial charge in [0.25, 0.3) is 5.78 Å². The second-order valence-corrected chi connectivity index (χ2v) is 6.27. The Morgan fingerprint density at radius 2 is 1.90 bits per heavy atom. The summed E-state index contributed by atoms with van der Waals surface area (Å²) in [6, 6.07) is 11.5. The number of nitrogens with zero attached hydrogens (tertiary/aromatic N) is 1. The van der Waals surface area contributed by atoms with E-state index in [1.165, 1.54) is 19.2 Å². The molecule has 6 nitrogen and oxygen atoms in total. The van der Waals surface area contributed by atoms with Crippen molar-refractivity contribution < 1.29 is 28.6 Å². The molecule has 1 N–H and O–H groups in total. The van der Waals surface area contributed by atoms with Crippen molar-refractivity contribution >= 4 is 28.4 Å². The smallest absolute Gasteiger partial charge is 0.379 e. The normalized spacial score (nSPS) is 11.5. The van der Waals surface area contributed by atoms with E-state index in [1.807, 2.05) is 10.6 Å². The Balaban J connectivity index is 2.08. The van der Waals surface area contributed by atoms with Crippen molar-refractivity contribution in [2.24, 2.45) is 0 Å². The predicted octanol–water partition coefficient (Wildman–Crippen LogP) is 3.87. The molecule has 0 fully saturated rings. The van der Waals surface area contributed by atoms with Crippen molar-refractivity contribution in [1.82, 2.24) is 4.57 Å². The van der Waals surface area contributed by atoms with Crippen LogP contribution in [-0.4, -0.2) is 35.1 Å². The number of halogens is 1. The third-order valence-electron chi connectivity index (χ3n) is 4.37. The van der Waals surface area contributed by atoms with Crippen molar-refractivity contribution in [3.05, 3.63) is 71.7 Å². The van der Waals surface area contributed by atoms with Gasteiger partial charge in [-0.15, -0.1) is 0 Å². The molecule has 3 rings (SSSR count). The van der Waals surface area contributed by atoms with Crippen LogP contribution in [0.4, 0.5) is 4.39 Å². The van der Waals surface area contributed by atoms with Gasteiger partial charge in [0.2, 0.25) is 0 Å². The summed E-state index contributed by atoms with van der Waals surface area (Å²) in [4.78, 5) is 23.5. The zero-order valence-electron chi connectivity index (χ0n) is 16.0. The molecular weight excluding hydrogens is 377 g/mol. The molecule has 0 unspecified atom stereocenters. The van der Waals surface area contributed by atoms with E-state index in [9.17, 15) is 19.1 Å². The number of esters is 1. The number of hydrogen-bond donors (Lipinski definition) is 1. The highest BCUT2D eigenvalue weighted by molar-refractivity contribution is 6.39. The Morgan fingerprint density at radius 3 is 2.55 bits per heavy atom. The molecule has 150 valence electrons. The summed E-state index contributed by atoms with van der Waals surface area (Å²) < 4.78 is 25.1. The van der Waals surface area contributed by atoms with Crippen molar-refractivity contribution in [1.29, 1.82) is 0 Å². The summed E-state index contributed by atoms with van der Waals surface area (Å²) in [5.74, 6) is -2.21. The topological polar surface area (TPSA) is 77.8 Å². The number of ketones is 1. The van der Waals surface area contributed by atoms with Crippen LogP contribution < -0.4 is 4.74 Å². The first-order valence-corrected chi connectivity index (χ1v) is 8.97. The van der Waals surface area contributed by atoms with E-state index in [0.29, 0.717) is 23.2 Å². The minimum Gasteiger partial charge on any atom is -0.507 e. The summed E-state index contributed by atoms with van der Waals surface area (Å²) in [5, 5.41) is 11.1. The highest BCUT2D eigenvalue weighted by Crippen LogP contribution is 2.34. The van der Waals surface area contributed by atoms with Crippen LogP contribution in [-0.2, 0) is 20.9 Å². The Morgan fingerprint density at radius 1 is 1.17 bits per heavy atom. The van der Waals surface area contributed by atoms with E-state index in [4.69, 9.17) is 4.74 Å². The molecule has 1 heterocycles. The van der Waals surface area contributed by atoms with E-state index in [0.717, 1.165) is 17.2 Å². The number of aliphatic hydroxyl groups excluding tert-OH is 1. The number of rotatable bonds is 7. The van der Waals surface area contributed by atoms with Crippen LogP contribution in [0.2, 0.25) is 0 Å². The second kappa shape index (κ2) is 8.60. The van der Waals surface area contributed by atoms with Gasteiger partial charge in [0, 0.05) is 24.4 Å². The van der Waals surface area contributed by atoms with Gasteiger partial charge in [0.15, 0.2) is 0 Å². The lowest BCUT2D eigenvalue weighted by Crippen LogP contribution is -2.15. The molecule has 2 aromatic carbocycles. The third-order valence-corrected chi connectivity index (χ3v) is 4.37. The number of carbonyl (C=O) groups excluding carboxylic acids is 2. The molecule has 0 spiro atoms. The van der Waals surface area contributed by atoms with Crippen molar-refractivity contribution in [2.45, 2.75) is 13.5 Å². The van der Waals surface area contributed by atoms with E-state index < -0.39 is 11.8 Å². The maximum Gasteiger partial charge on any atom is 0.379 e. The third kappa shape index (κ3) is 4.29. The molecule has 29 heavy (non-hydrogen) atoms. The molecule has 0 aliphatic rings. The summed E-state index contributed by atoms with van der Waals surface area (Å²) >= 11 is 0. The molecule has 1 aromatic heterocycles. The number of benzene rings is 2. The van der Waals surface area contributed by atoms with Gasteiger partial charge in [-0.05, 0) is 36.8 Å². The van der Waals surface area contributed by atoms with Gasteiger partial charge >= 0.3 is 5.97 Å². The zero-order chi connectivity index (χ0) is 21.0. The molecule has 0 aliphatic heterocycles. The average Bonchev–Trinajstić information content (AvgIpc) is 3.08. The lowest BCUT2D eigenvalue weighted by Gasteiger charge is -2.07.